The minimum atomic E-state index is -0.332. The lowest BCUT2D eigenvalue weighted by Crippen LogP contribution is -1.99. The van der Waals surface area contributed by atoms with Gasteiger partial charge in [0, 0.05) is 0 Å². The highest BCUT2D eigenvalue weighted by Gasteiger charge is 2.00. The fourth-order valence-corrected chi connectivity index (χ4v) is 1.29. The average molecular weight is 214 g/mol. The quantitative estimate of drug-likeness (QED) is 0.628. The third-order valence-corrected chi connectivity index (χ3v) is 2.12. The molecule has 0 amide bonds. The Morgan fingerprint density at radius 3 is 2.47 bits per heavy atom. The van der Waals surface area contributed by atoms with Crippen molar-refractivity contribution < 1.29 is 13.5 Å². The summed E-state index contributed by atoms with van der Waals surface area (Å²) in [6.45, 7) is 0.237. The molecule has 0 aliphatic carbocycles. The minimum absolute atomic E-state index is 0.256. The lowest BCUT2D eigenvalue weighted by Gasteiger charge is -2.06. The Labute approximate surface area is 89.1 Å². The zero-order valence-corrected chi connectivity index (χ0v) is 8.72. The molecule has 0 heterocycles. The molecule has 0 spiro atoms. The standard InChI is InChI=1S/C12H16F2O/c13-9-5-1-2-6-10-15-12-8-4-3-7-11(12)14/h3-4,7-8H,1-2,5-6,9-10H2. The van der Waals surface area contributed by atoms with Crippen molar-refractivity contribution in [3.8, 4) is 5.75 Å². The summed E-state index contributed by atoms with van der Waals surface area (Å²) in [6, 6.07) is 6.35. The molecule has 0 aromatic heterocycles. The molecule has 1 nitrogen and oxygen atoms in total. The first kappa shape index (κ1) is 12.0. The van der Waals surface area contributed by atoms with E-state index < -0.39 is 0 Å². The first-order chi connectivity index (χ1) is 7.34. The fraction of sp³-hybridized carbons (Fsp3) is 0.500. The third-order valence-electron chi connectivity index (χ3n) is 2.12. The second kappa shape index (κ2) is 7.21. The lowest BCUT2D eigenvalue weighted by atomic mass is 10.2. The van der Waals surface area contributed by atoms with Crippen molar-refractivity contribution in [2.45, 2.75) is 25.7 Å². The number of benzene rings is 1. The Morgan fingerprint density at radius 1 is 1.00 bits per heavy atom. The van der Waals surface area contributed by atoms with E-state index >= 15 is 0 Å². The molecule has 0 fully saturated rings. The first-order valence-corrected chi connectivity index (χ1v) is 5.28. The molecule has 0 saturated heterocycles. The summed E-state index contributed by atoms with van der Waals surface area (Å²) in [7, 11) is 0. The zero-order valence-electron chi connectivity index (χ0n) is 8.72. The van der Waals surface area contributed by atoms with Crippen molar-refractivity contribution in [2.24, 2.45) is 0 Å². The van der Waals surface area contributed by atoms with Gasteiger partial charge >= 0.3 is 0 Å². The van der Waals surface area contributed by atoms with Crippen LogP contribution in [0, 0.1) is 5.82 Å². The molecule has 0 N–H and O–H groups in total. The van der Waals surface area contributed by atoms with Gasteiger partial charge < -0.3 is 4.74 Å². The Bertz CT molecular complexity index is 276. The van der Waals surface area contributed by atoms with Gasteiger partial charge in [-0.15, -0.1) is 0 Å². The van der Waals surface area contributed by atoms with Crippen LogP contribution in [0.4, 0.5) is 8.78 Å². The number of rotatable bonds is 7. The predicted molar refractivity (Wildman–Crippen MR) is 56.3 cm³/mol. The zero-order chi connectivity index (χ0) is 10.9. The van der Waals surface area contributed by atoms with Gasteiger partial charge in [-0.05, 0) is 31.4 Å². The highest BCUT2D eigenvalue weighted by atomic mass is 19.1. The van der Waals surface area contributed by atoms with E-state index in [4.69, 9.17) is 4.74 Å². The number of unbranched alkanes of at least 4 members (excludes halogenated alkanes) is 3. The van der Waals surface area contributed by atoms with E-state index in [1.807, 2.05) is 0 Å². The summed E-state index contributed by atoms with van der Waals surface area (Å²) in [5, 5.41) is 0. The Hall–Kier alpha value is -1.12. The molecule has 0 saturated carbocycles. The molecule has 0 bridgehead atoms. The van der Waals surface area contributed by atoms with Crippen LogP contribution in [-0.2, 0) is 0 Å². The molecule has 1 rings (SSSR count). The second-order valence-electron chi connectivity index (χ2n) is 3.38. The Morgan fingerprint density at radius 2 is 1.73 bits per heavy atom. The van der Waals surface area contributed by atoms with Crippen molar-refractivity contribution in [3.05, 3.63) is 30.1 Å². The largest absolute Gasteiger partial charge is 0.491 e. The van der Waals surface area contributed by atoms with Gasteiger partial charge in [0.25, 0.3) is 0 Å². The number of para-hydroxylation sites is 1. The lowest BCUT2D eigenvalue weighted by molar-refractivity contribution is 0.289. The molecule has 0 aliphatic heterocycles. The molecule has 0 atom stereocenters. The molecule has 0 unspecified atom stereocenters. The Kier molecular flexibility index (Phi) is 5.74. The summed E-state index contributed by atoms with van der Waals surface area (Å²) >= 11 is 0. The SMILES string of the molecule is FCCCCCCOc1ccccc1F. The van der Waals surface area contributed by atoms with Crippen LogP contribution >= 0.6 is 0 Å². The molecule has 3 heteroatoms. The van der Waals surface area contributed by atoms with Crippen molar-refractivity contribution in [1.29, 1.82) is 0 Å². The first-order valence-electron chi connectivity index (χ1n) is 5.28. The molecule has 0 aliphatic rings. The smallest absolute Gasteiger partial charge is 0.165 e. The molecule has 1 aromatic carbocycles. The average Bonchev–Trinajstić information content (AvgIpc) is 2.25. The third kappa shape index (κ3) is 4.77. The number of hydrogen-bond acceptors (Lipinski definition) is 1. The van der Waals surface area contributed by atoms with E-state index in [2.05, 4.69) is 0 Å². The maximum Gasteiger partial charge on any atom is 0.165 e. The van der Waals surface area contributed by atoms with E-state index in [0.717, 1.165) is 19.3 Å². The monoisotopic (exact) mass is 214 g/mol. The maximum atomic E-state index is 13.0. The molecular formula is C12H16F2O. The summed E-state index contributed by atoms with van der Waals surface area (Å²) in [6.07, 6.45) is 3.25. The van der Waals surface area contributed by atoms with Gasteiger partial charge in [0.2, 0.25) is 0 Å². The number of hydrogen-bond donors (Lipinski definition) is 0. The number of alkyl halides is 1. The normalized spacial score (nSPS) is 10.3. The van der Waals surface area contributed by atoms with E-state index in [1.165, 1.54) is 6.07 Å². The summed E-state index contributed by atoms with van der Waals surface area (Å²) in [5.74, 6) is -0.0377. The number of halogens is 2. The van der Waals surface area contributed by atoms with E-state index in [0.29, 0.717) is 18.8 Å². The summed E-state index contributed by atoms with van der Waals surface area (Å²) in [5.41, 5.74) is 0. The van der Waals surface area contributed by atoms with E-state index in [1.54, 1.807) is 18.2 Å². The van der Waals surface area contributed by atoms with Gasteiger partial charge in [-0.1, -0.05) is 18.6 Å². The molecular weight excluding hydrogens is 198 g/mol. The van der Waals surface area contributed by atoms with Crippen molar-refractivity contribution in [1.82, 2.24) is 0 Å². The second-order valence-corrected chi connectivity index (χ2v) is 3.38. The van der Waals surface area contributed by atoms with Crippen LogP contribution in [0.2, 0.25) is 0 Å². The minimum Gasteiger partial charge on any atom is -0.491 e. The van der Waals surface area contributed by atoms with Gasteiger partial charge in [0.1, 0.15) is 0 Å². The van der Waals surface area contributed by atoms with Crippen LogP contribution in [0.1, 0.15) is 25.7 Å². The molecule has 1 aromatic rings. The van der Waals surface area contributed by atoms with Crippen LogP contribution in [0.5, 0.6) is 5.75 Å². The summed E-state index contributed by atoms with van der Waals surface area (Å²) < 4.78 is 30.0. The van der Waals surface area contributed by atoms with Crippen molar-refractivity contribution in [2.75, 3.05) is 13.3 Å². The van der Waals surface area contributed by atoms with Gasteiger partial charge in [-0.2, -0.15) is 0 Å². The molecule has 0 radical (unpaired) electrons. The van der Waals surface area contributed by atoms with Crippen molar-refractivity contribution >= 4 is 0 Å². The number of ether oxygens (including phenoxy) is 1. The fourth-order valence-electron chi connectivity index (χ4n) is 1.29. The van der Waals surface area contributed by atoms with Crippen LogP contribution in [-0.4, -0.2) is 13.3 Å². The van der Waals surface area contributed by atoms with Crippen LogP contribution in [0.25, 0.3) is 0 Å². The van der Waals surface area contributed by atoms with Crippen LogP contribution in [0.3, 0.4) is 0 Å². The Balaban J connectivity index is 2.12. The van der Waals surface area contributed by atoms with Crippen LogP contribution in [0.15, 0.2) is 24.3 Å². The van der Waals surface area contributed by atoms with Gasteiger partial charge in [-0.25, -0.2) is 4.39 Å². The maximum absolute atomic E-state index is 13.0. The topological polar surface area (TPSA) is 9.23 Å². The summed E-state index contributed by atoms with van der Waals surface area (Å²) in [4.78, 5) is 0. The van der Waals surface area contributed by atoms with E-state index in [-0.39, 0.29) is 12.5 Å². The van der Waals surface area contributed by atoms with E-state index in [9.17, 15) is 8.78 Å². The molecule has 15 heavy (non-hydrogen) atoms. The highest BCUT2D eigenvalue weighted by molar-refractivity contribution is 5.23. The van der Waals surface area contributed by atoms with Gasteiger partial charge in [0.15, 0.2) is 11.6 Å². The predicted octanol–water partition coefficient (Wildman–Crippen LogP) is 3.73. The van der Waals surface area contributed by atoms with Gasteiger partial charge in [0.05, 0.1) is 13.3 Å². The van der Waals surface area contributed by atoms with Gasteiger partial charge in [-0.3, -0.25) is 4.39 Å². The molecule has 84 valence electrons. The van der Waals surface area contributed by atoms with Crippen molar-refractivity contribution in [3.63, 3.8) is 0 Å². The van der Waals surface area contributed by atoms with Crippen LogP contribution < -0.4 is 4.74 Å². The highest BCUT2D eigenvalue weighted by Crippen LogP contribution is 2.15.